The van der Waals surface area contributed by atoms with Crippen LogP contribution < -0.4 is 5.32 Å². The van der Waals surface area contributed by atoms with Crippen molar-refractivity contribution in [1.82, 2.24) is 20.4 Å². The number of rotatable bonds is 2. The summed E-state index contributed by atoms with van der Waals surface area (Å²) in [6, 6.07) is 0. The van der Waals surface area contributed by atoms with Crippen LogP contribution >= 0.6 is 0 Å². The Labute approximate surface area is 102 Å². The lowest BCUT2D eigenvalue weighted by molar-refractivity contribution is 0.0135. The van der Waals surface area contributed by atoms with E-state index < -0.39 is 0 Å². The summed E-state index contributed by atoms with van der Waals surface area (Å²) in [6.45, 7) is 4.07. The van der Waals surface area contributed by atoms with E-state index in [1.165, 1.54) is 38.4 Å². The number of aromatic nitrogens is 2. The summed E-state index contributed by atoms with van der Waals surface area (Å²) in [5, 5.41) is 7.24. The molecule has 2 aliphatic rings. The first-order valence-electron chi connectivity index (χ1n) is 6.60. The molecule has 0 amide bonds. The molecule has 0 atom stereocenters. The van der Waals surface area contributed by atoms with E-state index in [-0.39, 0.29) is 0 Å². The van der Waals surface area contributed by atoms with Gasteiger partial charge in [-0.3, -0.25) is 4.90 Å². The van der Waals surface area contributed by atoms with Gasteiger partial charge in [-0.1, -0.05) is 24.4 Å². The third-order valence-corrected chi connectivity index (χ3v) is 4.20. The van der Waals surface area contributed by atoms with Crippen molar-refractivity contribution in [1.29, 1.82) is 0 Å². The van der Waals surface area contributed by atoms with E-state index in [0.29, 0.717) is 5.54 Å². The lowest BCUT2D eigenvalue weighted by Gasteiger charge is -2.49. The molecule has 1 aliphatic carbocycles. The van der Waals surface area contributed by atoms with Gasteiger partial charge >= 0.3 is 0 Å². The van der Waals surface area contributed by atoms with Gasteiger partial charge in [0.15, 0.2) is 6.33 Å². The van der Waals surface area contributed by atoms with E-state index in [4.69, 9.17) is 4.52 Å². The minimum absolute atomic E-state index is 0.338. The van der Waals surface area contributed by atoms with Crippen molar-refractivity contribution in [2.45, 2.75) is 44.2 Å². The summed E-state index contributed by atoms with van der Waals surface area (Å²) in [6.07, 6.45) is 8.17. The first kappa shape index (κ1) is 11.2. The van der Waals surface area contributed by atoms with Gasteiger partial charge in [-0.05, 0) is 12.8 Å². The summed E-state index contributed by atoms with van der Waals surface area (Å²) in [7, 11) is 0. The Bertz CT molecular complexity index is 337. The van der Waals surface area contributed by atoms with Crippen molar-refractivity contribution < 1.29 is 4.52 Å². The fraction of sp³-hybridized carbons (Fsp3) is 0.833. The van der Waals surface area contributed by atoms with Crippen molar-refractivity contribution in [2.24, 2.45) is 0 Å². The highest BCUT2D eigenvalue weighted by atomic mass is 16.5. The second-order valence-electron chi connectivity index (χ2n) is 5.22. The maximum atomic E-state index is 5.15. The molecule has 3 rings (SSSR count). The molecule has 0 unspecified atom stereocenters. The molecule has 1 spiro atoms. The zero-order chi connectivity index (χ0) is 11.6. The van der Waals surface area contributed by atoms with Crippen molar-refractivity contribution in [3.05, 3.63) is 12.2 Å². The zero-order valence-electron chi connectivity index (χ0n) is 10.2. The first-order valence-corrected chi connectivity index (χ1v) is 6.60. The van der Waals surface area contributed by atoms with Crippen molar-refractivity contribution in [2.75, 3.05) is 19.6 Å². The monoisotopic (exact) mass is 236 g/mol. The van der Waals surface area contributed by atoms with Crippen molar-refractivity contribution in [3.63, 3.8) is 0 Å². The van der Waals surface area contributed by atoms with Crippen LogP contribution in [0.2, 0.25) is 0 Å². The van der Waals surface area contributed by atoms with Crippen LogP contribution in [-0.4, -0.2) is 40.2 Å². The summed E-state index contributed by atoms with van der Waals surface area (Å²) >= 11 is 0. The predicted molar refractivity (Wildman–Crippen MR) is 63.4 cm³/mol. The van der Waals surface area contributed by atoms with Crippen LogP contribution in [-0.2, 0) is 6.54 Å². The molecular weight excluding hydrogens is 216 g/mol. The van der Waals surface area contributed by atoms with Crippen LogP contribution in [0.15, 0.2) is 10.9 Å². The highest BCUT2D eigenvalue weighted by Crippen LogP contribution is 2.35. The molecule has 94 valence electrons. The number of hydrogen-bond acceptors (Lipinski definition) is 5. The van der Waals surface area contributed by atoms with Crippen LogP contribution in [0.25, 0.3) is 0 Å². The van der Waals surface area contributed by atoms with Gasteiger partial charge in [0.2, 0.25) is 5.89 Å². The van der Waals surface area contributed by atoms with E-state index in [0.717, 1.165) is 32.1 Å². The molecule has 2 heterocycles. The number of nitrogens with one attached hydrogen (secondary N) is 1. The van der Waals surface area contributed by atoms with Crippen molar-refractivity contribution >= 4 is 0 Å². The predicted octanol–water partition coefficient (Wildman–Crippen LogP) is 1.18. The molecule has 0 radical (unpaired) electrons. The Morgan fingerprint density at radius 2 is 2.24 bits per heavy atom. The largest absolute Gasteiger partial charge is 0.338 e. The van der Waals surface area contributed by atoms with Gasteiger partial charge in [-0.15, -0.1) is 0 Å². The molecule has 0 aromatic carbocycles. The normalized spacial score (nSPS) is 25.2. The average molecular weight is 236 g/mol. The van der Waals surface area contributed by atoms with Crippen LogP contribution in [0.5, 0.6) is 0 Å². The fourth-order valence-electron chi connectivity index (χ4n) is 3.26. The van der Waals surface area contributed by atoms with Gasteiger partial charge in [-0.2, -0.15) is 4.98 Å². The van der Waals surface area contributed by atoms with E-state index in [2.05, 4.69) is 20.4 Å². The third kappa shape index (κ3) is 2.21. The molecule has 1 aromatic rings. The molecule has 1 aromatic heterocycles. The lowest BCUT2D eigenvalue weighted by atomic mass is 9.79. The van der Waals surface area contributed by atoms with Crippen LogP contribution in [0.1, 0.15) is 38.0 Å². The Morgan fingerprint density at radius 3 is 3.00 bits per heavy atom. The third-order valence-electron chi connectivity index (χ3n) is 4.20. The van der Waals surface area contributed by atoms with Crippen LogP contribution in [0.4, 0.5) is 0 Å². The van der Waals surface area contributed by atoms with Crippen LogP contribution in [0.3, 0.4) is 0 Å². The molecule has 2 fully saturated rings. The molecule has 5 heteroatoms. The minimum atomic E-state index is 0.338. The van der Waals surface area contributed by atoms with Gasteiger partial charge < -0.3 is 9.84 Å². The fourth-order valence-corrected chi connectivity index (χ4v) is 3.26. The Hall–Kier alpha value is -0.940. The SMILES string of the molecule is c1noc(CN2CCNCC23CCCCC3)n1. The lowest BCUT2D eigenvalue weighted by Crippen LogP contribution is -2.61. The summed E-state index contributed by atoms with van der Waals surface area (Å²) in [5.41, 5.74) is 0.338. The standard InChI is InChI=1S/C12H20N4O/c1-2-4-12(5-3-1)9-13-6-7-16(12)8-11-14-10-15-17-11/h10,13H,1-9H2. The molecule has 5 nitrogen and oxygen atoms in total. The Kier molecular flexibility index (Phi) is 3.11. The Balaban J connectivity index is 1.75. The second-order valence-corrected chi connectivity index (χ2v) is 5.22. The van der Waals surface area contributed by atoms with Gasteiger partial charge in [0.25, 0.3) is 0 Å². The maximum Gasteiger partial charge on any atom is 0.240 e. The molecule has 17 heavy (non-hydrogen) atoms. The maximum absolute atomic E-state index is 5.15. The minimum Gasteiger partial charge on any atom is -0.338 e. The summed E-state index contributed by atoms with van der Waals surface area (Å²) in [4.78, 5) is 6.70. The van der Waals surface area contributed by atoms with Gasteiger partial charge in [0.05, 0.1) is 6.54 Å². The molecule has 1 saturated heterocycles. The molecule has 1 N–H and O–H groups in total. The zero-order valence-corrected chi connectivity index (χ0v) is 10.2. The summed E-state index contributed by atoms with van der Waals surface area (Å²) < 4.78 is 5.15. The smallest absolute Gasteiger partial charge is 0.240 e. The number of piperazine rings is 1. The highest BCUT2D eigenvalue weighted by Gasteiger charge is 2.40. The molecule has 1 saturated carbocycles. The quantitative estimate of drug-likeness (QED) is 0.835. The van der Waals surface area contributed by atoms with E-state index in [9.17, 15) is 0 Å². The molecular formula is C12H20N4O. The topological polar surface area (TPSA) is 54.2 Å². The number of hydrogen-bond donors (Lipinski definition) is 1. The molecule has 0 bridgehead atoms. The number of nitrogens with zero attached hydrogens (tertiary/aromatic N) is 3. The summed E-state index contributed by atoms with van der Waals surface area (Å²) in [5.74, 6) is 0.747. The Morgan fingerprint density at radius 1 is 1.35 bits per heavy atom. The molecule has 1 aliphatic heterocycles. The van der Waals surface area contributed by atoms with Gasteiger partial charge in [0, 0.05) is 25.2 Å². The highest BCUT2D eigenvalue weighted by molar-refractivity contribution is 4.98. The van der Waals surface area contributed by atoms with E-state index >= 15 is 0 Å². The van der Waals surface area contributed by atoms with E-state index in [1.807, 2.05) is 0 Å². The van der Waals surface area contributed by atoms with Gasteiger partial charge in [-0.25, -0.2) is 0 Å². The average Bonchev–Trinajstić information content (AvgIpc) is 2.86. The second kappa shape index (κ2) is 4.74. The van der Waals surface area contributed by atoms with Crippen molar-refractivity contribution in [3.8, 4) is 0 Å². The van der Waals surface area contributed by atoms with E-state index in [1.54, 1.807) is 0 Å². The van der Waals surface area contributed by atoms with Gasteiger partial charge in [0.1, 0.15) is 0 Å². The van der Waals surface area contributed by atoms with Crippen LogP contribution in [0, 0.1) is 0 Å². The first-order chi connectivity index (χ1) is 8.39.